The Morgan fingerprint density at radius 2 is 1.16 bits per heavy atom. The molecule has 0 radical (unpaired) electrons. The van der Waals surface area contributed by atoms with Crippen LogP contribution in [0.25, 0.3) is 43.8 Å². The van der Waals surface area contributed by atoms with Gasteiger partial charge in [-0.2, -0.15) is 0 Å². The number of hydrogen-bond donors (Lipinski definition) is 1. The van der Waals surface area contributed by atoms with Crippen LogP contribution in [0.3, 0.4) is 0 Å². The second kappa shape index (κ2) is 7.78. The molecular formula is C29H21N3. The maximum Gasteiger partial charge on any atom is 0.162 e. The van der Waals surface area contributed by atoms with Gasteiger partial charge in [-0.1, -0.05) is 91.0 Å². The van der Waals surface area contributed by atoms with Gasteiger partial charge >= 0.3 is 0 Å². The normalized spacial score (nSPS) is 11.2. The Morgan fingerprint density at radius 1 is 0.562 bits per heavy atom. The number of nitrogens with one attached hydrogen (secondary N) is 1. The first-order valence-electron chi connectivity index (χ1n) is 10.8. The van der Waals surface area contributed by atoms with Crippen LogP contribution >= 0.6 is 0 Å². The van der Waals surface area contributed by atoms with E-state index in [0.29, 0.717) is 6.54 Å². The fourth-order valence-corrected chi connectivity index (χ4v) is 4.40. The lowest BCUT2D eigenvalue weighted by molar-refractivity contribution is 1.13. The third-order valence-corrected chi connectivity index (χ3v) is 5.95. The minimum Gasteiger partial charge on any atom is -0.365 e. The number of fused-ring (bicyclic) bond motifs is 3. The van der Waals surface area contributed by atoms with Crippen molar-refractivity contribution in [2.24, 2.45) is 0 Å². The van der Waals surface area contributed by atoms with Gasteiger partial charge in [-0.3, -0.25) is 0 Å². The van der Waals surface area contributed by atoms with Crippen molar-refractivity contribution in [3.05, 3.63) is 115 Å². The SMILES string of the molecule is c1ccc(-c2nc(NCc3c4ccccc4cc4ccccc34)c3ccccc3n2)cc1. The zero-order valence-electron chi connectivity index (χ0n) is 17.5. The summed E-state index contributed by atoms with van der Waals surface area (Å²) in [7, 11) is 0. The summed E-state index contributed by atoms with van der Waals surface area (Å²) in [6.07, 6.45) is 0. The van der Waals surface area contributed by atoms with Crippen LogP contribution in [0.15, 0.2) is 109 Å². The van der Waals surface area contributed by atoms with E-state index in [0.717, 1.165) is 28.1 Å². The van der Waals surface area contributed by atoms with Gasteiger partial charge in [0.05, 0.1) is 5.52 Å². The van der Waals surface area contributed by atoms with Gasteiger partial charge in [0.1, 0.15) is 5.82 Å². The van der Waals surface area contributed by atoms with Crippen molar-refractivity contribution < 1.29 is 0 Å². The molecule has 0 bridgehead atoms. The molecule has 0 aliphatic carbocycles. The van der Waals surface area contributed by atoms with Gasteiger partial charge in [-0.05, 0) is 45.3 Å². The van der Waals surface area contributed by atoms with E-state index in [2.05, 4.69) is 66.0 Å². The van der Waals surface area contributed by atoms with Crippen molar-refractivity contribution in [3.63, 3.8) is 0 Å². The Bertz CT molecular complexity index is 1520. The number of nitrogens with zero attached hydrogens (tertiary/aromatic N) is 2. The average molecular weight is 412 g/mol. The molecule has 32 heavy (non-hydrogen) atoms. The fraction of sp³-hybridized carbons (Fsp3) is 0.0345. The van der Waals surface area contributed by atoms with Crippen LogP contribution in [0.2, 0.25) is 0 Å². The number of hydrogen-bond acceptors (Lipinski definition) is 3. The summed E-state index contributed by atoms with van der Waals surface area (Å²) in [5.41, 5.74) is 3.23. The number of anilines is 1. The summed E-state index contributed by atoms with van der Waals surface area (Å²) in [6, 6.07) is 37.7. The van der Waals surface area contributed by atoms with E-state index < -0.39 is 0 Å². The quantitative estimate of drug-likeness (QED) is 0.311. The second-order valence-corrected chi connectivity index (χ2v) is 7.93. The smallest absolute Gasteiger partial charge is 0.162 e. The van der Waals surface area contributed by atoms with Gasteiger partial charge in [0.15, 0.2) is 5.82 Å². The van der Waals surface area contributed by atoms with Crippen molar-refractivity contribution in [2.45, 2.75) is 6.54 Å². The first-order valence-corrected chi connectivity index (χ1v) is 10.8. The average Bonchev–Trinajstić information content (AvgIpc) is 2.86. The highest BCUT2D eigenvalue weighted by Gasteiger charge is 2.11. The molecule has 0 unspecified atom stereocenters. The summed E-state index contributed by atoms with van der Waals surface area (Å²) < 4.78 is 0. The summed E-state index contributed by atoms with van der Waals surface area (Å²) in [6.45, 7) is 0.678. The Labute approximate surface area is 186 Å². The summed E-state index contributed by atoms with van der Waals surface area (Å²) in [4.78, 5) is 9.73. The zero-order chi connectivity index (χ0) is 21.3. The fourth-order valence-electron chi connectivity index (χ4n) is 4.40. The molecule has 0 saturated heterocycles. The van der Waals surface area contributed by atoms with Gasteiger partial charge in [0.25, 0.3) is 0 Å². The molecule has 1 N–H and O–H groups in total. The van der Waals surface area contributed by atoms with Crippen LogP contribution in [0.1, 0.15) is 5.56 Å². The van der Waals surface area contributed by atoms with Crippen molar-refractivity contribution in [1.82, 2.24) is 9.97 Å². The predicted octanol–water partition coefficient (Wildman–Crippen LogP) is 7.22. The molecule has 152 valence electrons. The van der Waals surface area contributed by atoms with E-state index in [-0.39, 0.29) is 0 Å². The Hall–Kier alpha value is -4.24. The standard InChI is InChI=1S/C29H21N3/c1-2-10-20(11-3-1)28-31-27-17-9-8-16-25(27)29(32-28)30-19-26-23-14-6-4-12-21(23)18-22-13-5-7-15-24(22)26/h1-18H,19H2,(H,30,31,32). The van der Waals surface area contributed by atoms with Crippen LogP contribution in [-0.2, 0) is 6.54 Å². The first kappa shape index (κ1) is 18.5. The lowest BCUT2D eigenvalue weighted by Crippen LogP contribution is -2.05. The van der Waals surface area contributed by atoms with Gasteiger partial charge in [-0.25, -0.2) is 9.97 Å². The first-order chi connectivity index (χ1) is 15.9. The van der Waals surface area contributed by atoms with Gasteiger partial charge in [-0.15, -0.1) is 0 Å². The van der Waals surface area contributed by atoms with E-state index in [1.54, 1.807) is 0 Å². The maximum absolute atomic E-state index is 4.92. The maximum atomic E-state index is 4.92. The molecule has 0 aliphatic rings. The largest absolute Gasteiger partial charge is 0.365 e. The summed E-state index contributed by atoms with van der Waals surface area (Å²) in [5.74, 6) is 1.58. The molecule has 6 aromatic rings. The lowest BCUT2D eigenvalue weighted by Gasteiger charge is -2.15. The number of aromatic nitrogens is 2. The highest BCUT2D eigenvalue weighted by Crippen LogP contribution is 2.30. The Kier molecular flexibility index (Phi) is 4.51. The second-order valence-electron chi connectivity index (χ2n) is 7.93. The topological polar surface area (TPSA) is 37.8 Å². The zero-order valence-corrected chi connectivity index (χ0v) is 17.5. The monoisotopic (exact) mass is 411 g/mol. The molecule has 0 atom stereocenters. The predicted molar refractivity (Wildman–Crippen MR) is 134 cm³/mol. The van der Waals surface area contributed by atoms with E-state index in [4.69, 9.17) is 9.97 Å². The van der Waals surface area contributed by atoms with Crippen molar-refractivity contribution in [2.75, 3.05) is 5.32 Å². The molecule has 0 spiro atoms. The van der Waals surface area contributed by atoms with Crippen LogP contribution < -0.4 is 5.32 Å². The molecule has 0 fully saturated rings. The molecule has 3 heteroatoms. The van der Waals surface area contributed by atoms with Crippen LogP contribution in [-0.4, -0.2) is 9.97 Å². The number of rotatable bonds is 4. The summed E-state index contributed by atoms with van der Waals surface area (Å²) >= 11 is 0. The van der Waals surface area contributed by atoms with Crippen molar-refractivity contribution in [3.8, 4) is 11.4 Å². The molecule has 3 nitrogen and oxygen atoms in total. The van der Waals surface area contributed by atoms with E-state index in [1.165, 1.54) is 27.1 Å². The van der Waals surface area contributed by atoms with Crippen LogP contribution in [0.4, 0.5) is 5.82 Å². The highest BCUT2D eigenvalue weighted by molar-refractivity contribution is 6.02. The van der Waals surface area contributed by atoms with Crippen LogP contribution in [0, 0.1) is 0 Å². The molecule has 0 aliphatic heterocycles. The van der Waals surface area contributed by atoms with Gasteiger partial charge in [0, 0.05) is 17.5 Å². The highest BCUT2D eigenvalue weighted by atomic mass is 15.0. The third kappa shape index (κ3) is 3.25. The van der Waals surface area contributed by atoms with E-state index in [1.807, 2.05) is 48.5 Å². The number of para-hydroxylation sites is 1. The molecule has 6 rings (SSSR count). The van der Waals surface area contributed by atoms with E-state index in [9.17, 15) is 0 Å². The van der Waals surface area contributed by atoms with Crippen molar-refractivity contribution in [1.29, 1.82) is 0 Å². The molecular weight excluding hydrogens is 390 g/mol. The molecule has 0 amide bonds. The molecule has 5 aromatic carbocycles. The van der Waals surface area contributed by atoms with Gasteiger partial charge in [0.2, 0.25) is 0 Å². The Morgan fingerprint density at radius 3 is 1.88 bits per heavy atom. The van der Waals surface area contributed by atoms with E-state index >= 15 is 0 Å². The minimum absolute atomic E-state index is 0.678. The van der Waals surface area contributed by atoms with Crippen molar-refractivity contribution >= 4 is 38.3 Å². The third-order valence-electron chi connectivity index (χ3n) is 5.95. The molecule has 1 aromatic heterocycles. The molecule has 1 heterocycles. The summed E-state index contributed by atoms with van der Waals surface area (Å²) in [5, 5.41) is 9.70. The van der Waals surface area contributed by atoms with Gasteiger partial charge < -0.3 is 5.32 Å². The Balaban J connectivity index is 1.49. The minimum atomic E-state index is 0.678. The lowest BCUT2D eigenvalue weighted by atomic mass is 9.97. The van der Waals surface area contributed by atoms with Crippen LogP contribution in [0.5, 0.6) is 0 Å². The number of benzene rings is 5. The molecule has 0 saturated carbocycles.